The van der Waals surface area contributed by atoms with E-state index in [0.717, 1.165) is 22.4 Å². The van der Waals surface area contributed by atoms with Gasteiger partial charge in [-0.2, -0.15) is 0 Å². The van der Waals surface area contributed by atoms with Crippen LogP contribution in [0.15, 0.2) is 33.5 Å². The molecule has 0 saturated heterocycles. The number of aryl methyl sites for hydroxylation is 1. The molecule has 3 rings (SSSR count). The number of nitrogens with zero attached hydrogens (tertiary/aromatic N) is 1. The summed E-state index contributed by atoms with van der Waals surface area (Å²) in [6.07, 6.45) is 0.466. The Kier molecular flexibility index (Phi) is 5.24. The molecule has 1 aromatic carbocycles. The van der Waals surface area contributed by atoms with Crippen molar-refractivity contribution in [2.45, 2.75) is 25.4 Å². The van der Waals surface area contributed by atoms with Crippen molar-refractivity contribution in [2.24, 2.45) is 0 Å². The molecule has 3 aromatic rings. The molecule has 0 unspecified atom stereocenters. The molecule has 1 N–H and O–H groups in total. The van der Waals surface area contributed by atoms with Gasteiger partial charge in [0.05, 0.1) is 12.5 Å². The summed E-state index contributed by atoms with van der Waals surface area (Å²) in [6, 6.07) is 5.86. The van der Waals surface area contributed by atoms with Crippen molar-refractivity contribution in [3.8, 4) is 16.9 Å². The molecule has 0 aliphatic rings. The zero-order valence-corrected chi connectivity index (χ0v) is 15.8. The molecule has 0 bridgehead atoms. The summed E-state index contributed by atoms with van der Waals surface area (Å²) in [4.78, 5) is 31.7. The number of methoxy groups -OCH3 is 1. The molecule has 25 heavy (non-hydrogen) atoms. The van der Waals surface area contributed by atoms with Crippen LogP contribution in [0.4, 0.5) is 0 Å². The number of carbonyl (C=O) groups is 1. The number of hydrogen-bond acceptors (Lipinski definition) is 6. The highest BCUT2D eigenvalue weighted by Crippen LogP contribution is 2.33. The number of ether oxygens (including phenoxy) is 1. The fourth-order valence-corrected chi connectivity index (χ4v) is 4.46. The number of hydrogen-bond donors (Lipinski definition) is 1. The van der Waals surface area contributed by atoms with E-state index < -0.39 is 0 Å². The van der Waals surface area contributed by atoms with E-state index in [1.165, 1.54) is 23.1 Å². The highest BCUT2D eigenvalue weighted by molar-refractivity contribution is 7.99. The van der Waals surface area contributed by atoms with E-state index in [1.807, 2.05) is 30.5 Å². The second-order valence-corrected chi connectivity index (χ2v) is 7.63. The first kappa shape index (κ1) is 17.7. The van der Waals surface area contributed by atoms with Crippen molar-refractivity contribution in [2.75, 3.05) is 12.9 Å². The first-order chi connectivity index (χ1) is 12.0. The molecule has 2 aromatic heterocycles. The normalized spacial score (nSPS) is 11.0. The molecular weight excluding hydrogens is 356 g/mol. The Bertz CT molecular complexity index is 992. The lowest BCUT2D eigenvalue weighted by molar-refractivity contribution is -0.116. The second kappa shape index (κ2) is 7.41. The molecule has 7 heteroatoms. The standard InChI is InChI=1S/C18H18N2O3S2/c1-10-8-12(4-5-14(10)23-3)13-9-25-17-15(13)16(22)19-18(20-17)24-7-6-11(2)21/h4-5,8-9H,6-7H2,1-3H3,(H,19,20,22). The lowest BCUT2D eigenvalue weighted by Gasteiger charge is -2.07. The molecule has 0 spiro atoms. The van der Waals surface area contributed by atoms with Gasteiger partial charge in [0.15, 0.2) is 5.16 Å². The largest absolute Gasteiger partial charge is 0.496 e. The molecule has 0 fully saturated rings. The van der Waals surface area contributed by atoms with Crippen molar-refractivity contribution in [3.63, 3.8) is 0 Å². The highest BCUT2D eigenvalue weighted by atomic mass is 32.2. The van der Waals surface area contributed by atoms with E-state index in [4.69, 9.17) is 4.74 Å². The average molecular weight is 374 g/mol. The molecule has 130 valence electrons. The molecule has 0 radical (unpaired) electrons. The van der Waals surface area contributed by atoms with Gasteiger partial charge in [-0.15, -0.1) is 11.3 Å². The monoisotopic (exact) mass is 374 g/mol. The fourth-order valence-electron chi connectivity index (χ4n) is 2.55. The summed E-state index contributed by atoms with van der Waals surface area (Å²) in [5.74, 6) is 1.56. The Labute approximate surface area is 153 Å². The van der Waals surface area contributed by atoms with Crippen molar-refractivity contribution in [1.29, 1.82) is 0 Å². The predicted molar refractivity (Wildman–Crippen MR) is 103 cm³/mol. The topological polar surface area (TPSA) is 72.0 Å². The van der Waals surface area contributed by atoms with Gasteiger partial charge in [-0.05, 0) is 37.1 Å². The molecule has 0 aliphatic carbocycles. The van der Waals surface area contributed by atoms with Crippen molar-refractivity contribution in [3.05, 3.63) is 39.5 Å². The molecule has 0 atom stereocenters. The van der Waals surface area contributed by atoms with Crippen LogP contribution in [0, 0.1) is 6.92 Å². The number of aromatic amines is 1. The van der Waals surface area contributed by atoms with Crippen LogP contribution in [0.5, 0.6) is 5.75 Å². The minimum absolute atomic E-state index is 0.129. The van der Waals surface area contributed by atoms with Gasteiger partial charge in [0.1, 0.15) is 16.4 Å². The Morgan fingerprint density at radius 3 is 2.88 bits per heavy atom. The molecule has 0 aliphatic heterocycles. The van der Waals surface area contributed by atoms with Gasteiger partial charge in [0, 0.05) is 23.1 Å². The van der Waals surface area contributed by atoms with E-state index in [1.54, 1.807) is 14.0 Å². The summed E-state index contributed by atoms with van der Waals surface area (Å²) in [5, 5.41) is 3.11. The van der Waals surface area contributed by atoms with Crippen molar-refractivity contribution in [1.82, 2.24) is 9.97 Å². The number of nitrogens with one attached hydrogen (secondary N) is 1. The number of aromatic nitrogens is 2. The maximum Gasteiger partial charge on any atom is 0.260 e. The van der Waals surface area contributed by atoms with Crippen LogP contribution < -0.4 is 10.3 Å². The third-order valence-corrected chi connectivity index (χ3v) is 5.57. The Morgan fingerprint density at radius 2 is 2.20 bits per heavy atom. The number of fused-ring (bicyclic) bond motifs is 1. The number of benzene rings is 1. The van der Waals surface area contributed by atoms with Crippen LogP contribution in [0.2, 0.25) is 0 Å². The lowest BCUT2D eigenvalue weighted by atomic mass is 10.0. The minimum Gasteiger partial charge on any atom is -0.496 e. The van der Waals surface area contributed by atoms with E-state index in [2.05, 4.69) is 9.97 Å². The number of ketones is 1. The molecule has 0 amide bonds. The number of Topliss-reactive ketones (excluding diaryl/α,β-unsaturated/α-hetero) is 1. The predicted octanol–water partition coefficient (Wildman–Crippen LogP) is 4.04. The maximum atomic E-state index is 12.6. The van der Waals surface area contributed by atoms with Gasteiger partial charge in [0.2, 0.25) is 0 Å². The fraction of sp³-hybridized carbons (Fsp3) is 0.278. The van der Waals surface area contributed by atoms with Crippen LogP contribution in [-0.2, 0) is 4.79 Å². The first-order valence-electron chi connectivity index (χ1n) is 7.78. The summed E-state index contributed by atoms with van der Waals surface area (Å²) >= 11 is 2.84. The van der Waals surface area contributed by atoms with Crippen LogP contribution in [0.3, 0.4) is 0 Å². The van der Waals surface area contributed by atoms with Crippen LogP contribution in [0.1, 0.15) is 18.9 Å². The number of rotatable bonds is 6. The van der Waals surface area contributed by atoms with Crippen LogP contribution in [-0.4, -0.2) is 28.6 Å². The zero-order chi connectivity index (χ0) is 18.0. The van der Waals surface area contributed by atoms with E-state index in [0.29, 0.717) is 27.5 Å². The van der Waals surface area contributed by atoms with E-state index in [-0.39, 0.29) is 11.3 Å². The van der Waals surface area contributed by atoms with Crippen molar-refractivity contribution >= 4 is 39.1 Å². The molecule has 5 nitrogen and oxygen atoms in total. The quantitative estimate of drug-likeness (QED) is 0.521. The SMILES string of the molecule is COc1ccc(-c2csc3nc(SCCC(C)=O)[nH]c(=O)c23)cc1C. The summed E-state index contributed by atoms with van der Waals surface area (Å²) in [5.41, 5.74) is 2.70. The number of thiophene rings is 1. The molecule has 0 saturated carbocycles. The summed E-state index contributed by atoms with van der Waals surface area (Å²) < 4.78 is 5.29. The number of thioether (sulfide) groups is 1. The first-order valence-corrected chi connectivity index (χ1v) is 9.65. The van der Waals surface area contributed by atoms with Gasteiger partial charge < -0.3 is 9.72 Å². The Balaban J connectivity index is 1.97. The third kappa shape index (κ3) is 3.77. The van der Waals surface area contributed by atoms with Crippen LogP contribution >= 0.6 is 23.1 Å². The van der Waals surface area contributed by atoms with E-state index >= 15 is 0 Å². The van der Waals surface area contributed by atoms with Crippen LogP contribution in [0.25, 0.3) is 21.3 Å². The number of H-pyrrole nitrogens is 1. The van der Waals surface area contributed by atoms with Crippen molar-refractivity contribution < 1.29 is 9.53 Å². The Hall–Kier alpha value is -2.12. The summed E-state index contributed by atoms with van der Waals surface area (Å²) in [7, 11) is 1.64. The second-order valence-electron chi connectivity index (χ2n) is 5.69. The average Bonchev–Trinajstić information content (AvgIpc) is 2.99. The lowest BCUT2D eigenvalue weighted by Crippen LogP contribution is -2.09. The summed E-state index contributed by atoms with van der Waals surface area (Å²) in [6.45, 7) is 3.53. The maximum absolute atomic E-state index is 12.6. The molecular formula is C18H18N2O3S2. The third-order valence-electron chi connectivity index (χ3n) is 3.82. The van der Waals surface area contributed by atoms with Gasteiger partial charge in [-0.1, -0.05) is 17.8 Å². The smallest absolute Gasteiger partial charge is 0.260 e. The van der Waals surface area contributed by atoms with Gasteiger partial charge in [-0.3, -0.25) is 9.59 Å². The van der Waals surface area contributed by atoms with Gasteiger partial charge in [-0.25, -0.2) is 4.98 Å². The zero-order valence-electron chi connectivity index (χ0n) is 14.2. The number of carbonyl (C=O) groups excluding carboxylic acids is 1. The van der Waals surface area contributed by atoms with E-state index in [9.17, 15) is 9.59 Å². The minimum atomic E-state index is -0.153. The molecule has 2 heterocycles. The Morgan fingerprint density at radius 1 is 1.40 bits per heavy atom. The highest BCUT2D eigenvalue weighted by Gasteiger charge is 2.14. The van der Waals surface area contributed by atoms with Gasteiger partial charge in [0.25, 0.3) is 5.56 Å². The van der Waals surface area contributed by atoms with Gasteiger partial charge >= 0.3 is 0 Å².